The smallest absolute Gasteiger partial charge is 0.224 e. The average molecular weight is 382 g/mol. The molecule has 1 amide bonds. The van der Waals surface area contributed by atoms with Crippen molar-refractivity contribution < 1.29 is 9.53 Å². The minimum atomic E-state index is 0.0928. The quantitative estimate of drug-likeness (QED) is 0.772. The van der Waals surface area contributed by atoms with Gasteiger partial charge in [0, 0.05) is 49.7 Å². The summed E-state index contributed by atoms with van der Waals surface area (Å²) < 4.78 is 5.24. The summed E-state index contributed by atoms with van der Waals surface area (Å²) in [5.41, 5.74) is 3.31. The number of carbonyl (C=O) groups is 1. The van der Waals surface area contributed by atoms with E-state index in [1.54, 1.807) is 7.11 Å². The zero-order valence-electron chi connectivity index (χ0n) is 17.1. The van der Waals surface area contributed by atoms with E-state index in [0.717, 1.165) is 44.0 Å². The summed E-state index contributed by atoms with van der Waals surface area (Å²) >= 11 is 0. The molecule has 28 heavy (non-hydrogen) atoms. The van der Waals surface area contributed by atoms with Crippen molar-refractivity contribution in [2.75, 3.05) is 48.4 Å². The first kappa shape index (κ1) is 20.1. The number of benzene rings is 2. The van der Waals surface area contributed by atoms with Crippen LogP contribution in [-0.2, 0) is 4.79 Å². The van der Waals surface area contributed by atoms with E-state index in [9.17, 15) is 4.79 Å². The molecule has 1 fully saturated rings. The van der Waals surface area contributed by atoms with E-state index in [-0.39, 0.29) is 5.91 Å². The van der Waals surface area contributed by atoms with E-state index in [4.69, 9.17) is 4.74 Å². The Labute approximate surface area is 168 Å². The van der Waals surface area contributed by atoms with Crippen LogP contribution < -0.4 is 19.9 Å². The predicted octanol–water partition coefficient (Wildman–Crippen LogP) is 4.40. The second-order valence-electron chi connectivity index (χ2n) is 7.48. The van der Waals surface area contributed by atoms with E-state index >= 15 is 0 Å². The first-order valence-corrected chi connectivity index (χ1v) is 10.1. The first-order chi connectivity index (χ1) is 13.6. The highest BCUT2D eigenvalue weighted by Gasteiger charge is 2.17. The standard InChI is InChI=1S/C23H31N3O2/c1-4-18(2)17-23(27)24-19-5-7-20(8-6-19)25-13-15-26(16-14-25)21-9-11-22(28-3)12-10-21/h5-12,18H,4,13-17H2,1-3H3,(H,24,27). The number of carbonyl (C=O) groups excluding carboxylic acids is 1. The molecule has 3 rings (SSSR count). The van der Waals surface area contributed by atoms with Gasteiger partial charge < -0.3 is 19.9 Å². The molecule has 5 nitrogen and oxygen atoms in total. The maximum atomic E-state index is 12.0. The number of anilines is 3. The molecule has 1 saturated heterocycles. The van der Waals surface area contributed by atoms with Gasteiger partial charge in [-0.25, -0.2) is 0 Å². The van der Waals surface area contributed by atoms with Crippen LogP contribution in [0.15, 0.2) is 48.5 Å². The lowest BCUT2D eigenvalue weighted by molar-refractivity contribution is -0.117. The number of amides is 1. The van der Waals surface area contributed by atoms with Gasteiger partial charge in [0.05, 0.1) is 7.11 Å². The van der Waals surface area contributed by atoms with Crippen LogP contribution in [0.2, 0.25) is 0 Å². The molecule has 1 unspecified atom stereocenters. The molecule has 0 saturated carbocycles. The lowest BCUT2D eigenvalue weighted by Crippen LogP contribution is -2.46. The molecule has 0 aromatic heterocycles. The Morgan fingerprint density at radius 1 is 0.964 bits per heavy atom. The number of nitrogens with zero attached hydrogens (tertiary/aromatic N) is 2. The molecule has 1 N–H and O–H groups in total. The molecule has 1 aliphatic rings. The fourth-order valence-electron chi connectivity index (χ4n) is 3.44. The summed E-state index contributed by atoms with van der Waals surface area (Å²) in [7, 11) is 1.69. The molecule has 1 atom stereocenters. The number of ether oxygens (including phenoxy) is 1. The summed E-state index contributed by atoms with van der Waals surface area (Å²) in [6.45, 7) is 8.15. The van der Waals surface area contributed by atoms with Crippen molar-refractivity contribution in [1.82, 2.24) is 0 Å². The largest absolute Gasteiger partial charge is 0.497 e. The molecular formula is C23H31N3O2. The van der Waals surface area contributed by atoms with Crippen LogP contribution in [0.5, 0.6) is 5.75 Å². The van der Waals surface area contributed by atoms with Gasteiger partial charge in [0.2, 0.25) is 5.91 Å². The summed E-state index contributed by atoms with van der Waals surface area (Å²) in [4.78, 5) is 16.8. The molecule has 2 aromatic rings. The zero-order valence-corrected chi connectivity index (χ0v) is 17.1. The van der Waals surface area contributed by atoms with E-state index in [1.807, 2.05) is 24.3 Å². The summed E-state index contributed by atoms with van der Waals surface area (Å²) in [6.07, 6.45) is 1.60. The van der Waals surface area contributed by atoms with Crippen LogP contribution in [0.25, 0.3) is 0 Å². The molecule has 0 radical (unpaired) electrons. The third-order valence-corrected chi connectivity index (χ3v) is 5.46. The topological polar surface area (TPSA) is 44.8 Å². The van der Waals surface area contributed by atoms with Gasteiger partial charge >= 0.3 is 0 Å². The van der Waals surface area contributed by atoms with Gasteiger partial charge in [0.1, 0.15) is 5.75 Å². The van der Waals surface area contributed by atoms with Gasteiger partial charge in [-0.15, -0.1) is 0 Å². The maximum Gasteiger partial charge on any atom is 0.224 e. The molecule has 1 aliphatic heterocycles. The molecule has 0 aliphatic carbocycles. The summed E-state index contributed by atoms with van der Waals surface area (Å²) in [6, 6.07) is 16.5. The van der Waals surface area contributed by atoms with Crippen LogP contribution in [0, 0.1) is 5.92 Å². The van der Waals surface area contributed by atoms with Crippen LogP contribution in [0.3, 0.4) is 0 Å². The molecule has 2 aromatic carbocycles. The Morgan fingerprint density at radius 2 is 1.46 bits per heavy atom. The van der Waals surface area contributed by atoms with Crippen molar-refractivity contribution in [1.29, 1.82) is 0 Å². The molecule has 0 bridgehead atoms. The SMILES string of the molecule is CCC(C)CC(=O)Nc1ccc(N2CCN(c3ccc(OC)cc3)CC2)cc1. The Morgan fingerprint density at radius 3 is 1.93 bits per heavy atom. The number of nitrogens with one attached hydrogen (secondary N) is 1. The summed E-state index contributed by atoms with van der Waals surface area (Å²) in [5, 5.41) is 3.00. The normalized spacial score (nSPS) is 15.2. The van der Waals surface area contributed by atoms with Crippen molar-refractivity contribution in [3.8, 4) is 5.75 Å². The minimum absolute atomic E-state index is 0.0928. The molecule has 0 spiro atoms. The van der Waals surface area contributed by atoms with Gasteiger partial charge in [-0.3, -0.25) is 4.79 Å². The number of piperazine rings is 1. The minimum Gasteiger partial charge on any atom is -0.497 e. The lowest BCUT2D eigenvalue weighted by Gasteiger charge is -2.37. The monoisotopic (exact) mass is 381 g/mol. The van der Waals surface area contributed by atoms with E-state index in [0.29, 0.717) is 12.3 Å². The highest BCUT2D eigenvalue weighted by atomic mass is 16.5. The molecular weight excluding hydrogens is 350 g/mol. The molecule has 1 heterocycles. The third-order valence-electron chi connectivity index (χ3n) is 5.46. The highest BCUT2D eigenvalue weighted by Crippen LogP contribution is 2.24. The predicted molar refractivity (Wildman–Crippen MR) is 117 cm³/mol. The van der Waals surface area contributed by atoms with E-state index in [1.165, 1.54) is 11.4 Å². The van der Waals surface area contributed by atoms with E-state index in [2.05, 4.69) is 53.2 Å². The van der Waals surface area contributed by atoms with Crippen LogP contribution >= 0.6 is 0 Å². The average Bonchev–Trinajstić information content (AvgIpc) is 2.74. The fourth-order valence-corrected chi connectivity index (χ4v) is 3.44. The number of hydrogen-bond acceptors (Lipinski definition) is 4. The lowest BCUT2D eigenvalue weighted by atomic mass is 10.1. The highest BCUT2D eigenvalue weighted by molar-refractivity contribution is 5.91. The zero-order chi connectivity index (χ0) is 19.9. The van der Waals surface area contributed by atoms with Gasteiger partial charge in [0.15, 0.2) is 0 Å². The molecule has 5 heteroatoms. The number of hydrogen-bond donors (Lipinski definition) is 1. The van der Waals surface area contributed by atoms with Crippen molar-refractivity contribution in [3.63, 3.8) is 0 Å². The molecule has 150 valence electrons. The second-order valence-corrected chi connectivity index (χ2v) is 7.48. The van der Waals surface area contributed by atoms with Crippen LogP contribution in [0.1, 0.15) is 26.7 Å². The van der Waals surface area contributed by atoms with Crippen LogP contribution in [-0.4, -0.2) is 39.2 Å². The fraction of sp³-hybridized carbons (Fsp3) is 0.435. The van der Waals surface area contributed by atoms with Gasteiger partial charge in [-0.05, 0) is 54.4 Å². The summed E-state index contributed by atoms with van der Waals surface area (Å²) in [5.74, 6) is 1.40. The van der Waals surface area contributed by atoms with Gasteiger partial charge in [-0.1, -0.05) is 20.3 Å². The van der Waals surface area contributed by atoms with Gasteiger partial charge in [0.25, 0.3) is 0 Å². The number of rotatable bonds is 7. The van der Waals surface area contributed by atoms with Gasteiger partial charge in [-0.2, -0.15) is 0 Å². The van der Waals surface area contributed by atoms with Crippen LogP contribution in [0.4, 0.5) is 17.1 Å². The number of methoxy groups -OCH3 is 1. The first-order valence-electron chi connectivity index (χ1n) is 10.1. The van der Waals surface area contributed by atoms with Crippen molar-refractivity contribution >= 4 is 23.0 Å². The Bertz CT molecular complexity index is 750. The Hall–Kier alpha value is -2.69. The van der Waals surface area contributed by atoms with Crippen molar-refractivity contribution in [2.45, 2.75) is 26.7 Å². The third kappa shape index (κ3) is 5.18. The maximum absolute atomic E-state index is 12.0. The van der Waals surface area contributed by atoms with Crippen molar-refractivity contribution in [2.24, 2.45) is 5.92 Å². The second kappa shape index (κ2) is 9.49. The van der Waals surface area contributed by atoms with E-state index < -0.39 is 0 Å². The Kier molecular flexibility index (Phi) is 6.80. The van der Waals surface area contributed by atoms with Crippen molar-refractivity contribution in [3.05, 3.63) is 48.5 Å². The Balaban J connectivity index is 1.52.